The van der Waals surface area contributed by atoms with E-state index >= 15 is 0 Å². The van der Waals surface area contributed by atoms with Gasteiger partial charge in [-0.2, -0.15) is 0 Å². The van der Waals surface area contributed by atoms with E-state index in [0.29, 0.717) is 50.5 Å². The standard InChI is InChI=1S/C44H61NO10/c1-28(2)15-14-18-32(41(49)52-27-31-16-10-8-11-17-31)39-34-25-35(47)40-42(5)22-21-36(55-38(48)19-12-9-13-24-53-45(50)51)29(3)33(42)20-23-43(40,6)44(34,7)26-37(39)54-30(4)46/h8,10-11,15-17,29,33-34,36-37,40H,9,12-14,18-27H2,1-7H3/b39-32-/t29-,33?,34?,36+,37-,40?,42-,43-,44-/m0/s1. The maximum Gasteiger partial charge on any atom is 0.334 e. The van der Waals surface area contributed by atoms with Crippen molar-refractivity contribution in [3.63, 3.8) is 0 Å². The van der Waals surface area contributed by atoms with E-state index in [-0.39, 0.29) is 73.0 Å². The van der Waals surface area contributed by atoms with Gasteiger partial charge in [0, 0.05) is 31.3 Å². The van der Waals surface area contributed by atoms with Crippen molar-refractivity contribution in [1.82, 2.24) is 0 Å². The fraction of sp³-hybridized carbons (Fsp3) is 0.682. The molecule has 0 saturated heterocycles. The molecule has 0 aromatic heterocycles. The summed E-state index contributed by atoms with van der Waals surface area (Å²) in [6.45, 7) is 14.5. The Morgan fingerprint density at radius 2 is 1.67 bits per heavy atom. The van der Waals surface area contributed by atoms with Gasteiger partial charge in [0.15, 0.2) is 0 Å². The minimum absolute atomic E-state index is 0.0152. The van der Waals surface area contributed by atoms with Crippen LogP contribution in [0.2, 0.25) is 0 Å². The summed E-state index contributed by atoms with van der Waals surface area (Å²) in [7, 11) is 0. The van der Waals surface area contributed by atoms with Crippen molar-refractivity contribution in [2.75, 3.05) is 6.61 Å². The van der Waals surface area contributed by atoms with Gasteiger partial charge in [0.25, 0.3) is 5.09 Å². The van der Waals surface area contributed by atoms with Gasteiger partial charge in [0.1, 0.15) is 24.6 Å². The lowest BCUT2D eigenvalue weighted by atomic mass is 9.37. The normalized spacial score (nSPS) is 33.3. The number of allylic oxidation sites excluding steroid dienone is 2. The van der Waals surface area contributed by atoms with Crippen molar-refractivity contribution in [2.45, 2.75) is 144 Å². The van der Waals surface area contributed by atoms with Gasteiger partial charge in [0.2, 0.25) is 0 Å². The zero-order valence-electron chi connectivity index (χ0n) is 33.9. The highest BCUT2D eigenvalue weighted by molar-refractivity contribution is 5.91. The molecule has 4 fully saturated rings. The van der Waals surface area contributed by atoms with Crippen molar-refractivity contribution in [3.05, 3.63) is 68.8 Å². The summed E-state index contributed by atoms with van der Waals surface area (Å²) < 4.78 is 18.1. The van der Waals surface area contributed by atoms with E-state index in [1.165, 1.54) is 6.92 Å². The number of esters is 3. The van der Waals surface area contributed by atoms with Crippen molar-refractivity contribution in [2.24, 2.45) is 39.9 Å². The molecule has 0 bridgehead atoms. The molecule has 55 heavy (non-hydrogen) atoms. The highest BCUT2D eigenvalue weighted by atomic mass is 16.9. The number of hydrogen-bond donors (Lipinski definition) is 0. The molecule has 11 heteroatoms. The van der Waals surface area contributed by atoms with Crippen LogP contribution in [0.15, 0.2) is 53.1 Å². The van der Waals surface area contributed by atoms with E-state index < -0.39 is 34.0 Å². The zero-order chi connectivity index (χ0) is 40.1. The van der Waals surface area contributed by atoms with Crippen LogP contribution in [-0.2, 0) is 44.8 Å². The van der Waals surface area contributed by atoms with Crippen LogP contribution in [0.4, 0.5) is 0 Å². The maximum absolute atomic E-state index is 14.9. The van der Waals surface area contributed by atoms with Crippen LogP contribution in [-0.4, -0.2) is 47.6 Å². The summed E-state index contributed by atoms with van der Waals surface area (Å²) in [5.74, 6) is -1.19. The van der Waals surface area contributed by atoms with Gasteiger partial charge >= 0.3 is 17.9 Å². The fourth-order valence-corrected chi connectivity index (χ4v) is 11.3. The second-order valence-electron chi connectivity index (χ2n) is 17.6. The minimum atomic E-state index is -0.807. The molecule has 0 aliphatic heterocycles. The van der Waals surface area contributed by atoms with E-state index in [4.69, 9.17) is 14.2 Å². The molecule has 11 nitrogen and oxygen atoms in total. The second-order valence-corrected chi connectivity index (χ2v) is 17.6. The van der Waals surface area contributed by atoms with Gasteiger partial charge in [-0.3, -0.25) is 14.4 Å². The lowest BCUT2D eigenvalue weighted by Gasteiger charge is -2.67. The van der Waals surface area contributed by atoms with E-state index in [1.807, 2.05) is 44.2 Å². The third-order valence-corrected chi connectivity index (χ3v) is 14.0. The van der Waals surface area contributed by atoms with Crippen molar-refractivity contribution >= 4 is 23.7 Å². The third kappa shape index (κ3) is 8.86. The first-order valence-electron chi connectivity index (χ1n) is 20.3. The molecule has 0 heterocycles. The number of nitrogens with zero attached hydrogens (tertiary/aromatic N) is 1. The van der Waals surface area contributed by atoms with Crippen molar-refractivity contribution in [3.8, 4) is 0 Å². The maximum atomic E-state index is 14.9. The molecule has 4 saturated carbocycles. The summed E-state index contributed by atoms with van der Waals surface area (Å²) in [6.07, 6.45) is 8.08. The molecule has 4 aliphatic rings. The largest absolute Gasteiger partial charge is 0.462 e. The Hall–Kier alpha value is -4.02. The molecule has 3 unspecified atom stereocenters. The van der Waals surface area contributed by atoms with Gasteiger partial charge in [-0.05, 0) is 117 Å². The number of ketones is 1. The molecule has 0 radical (unpaired) electrons. The molecule has 1 aromatic rings. The highest BCUT2D eigenvalue weighted by Crippen LogP contribution is 2.73. The monoisotopic (exact) mass is 763 g/mol. The number of fused-ring (bicyclic) bond motifs is 5. The number of unbranched alkanes of at least 4 members (excludes halogenated alkanes) is 2. The van der Waals surface area contributed by atoms with Crippen LogP contribution >= 0.6 is 0 Å². The summed E-state index contributed by atoms with van der Waals surface area (Å²) in [5.41, 5.74) is 2.10. The number of benzene rings is 1. The highest BCUT2D eigenvalue weighted by Gasteiger charge is 2.71. The average molecular weight is 764 g/mol. The van der Waals surface area contributed by atoms with Crippen LogP contribution in [0.3, 0.4) is 0 Å². The average Bonchev–Trinajstić information content (AvgIpc) is 3.39. The molecule has 0 spiro atoms. The molecular formula is C44H61NO10. The van der Waals surface area contributed by atoms with Crippen LogP contribution in [0.1, 0.15) is 131 Å². The molecule has 302 valence electrons. The van der Waals surface area contributed by atoms with Crippen LogP contribution in [0, 0.1) is 50.0 Å². The third-order valence-electron chi connectivity index (χ3n) is 14.0. The van der Waals surface area contributed by atoms with Crippen LogP contribution in [0.5, 0.6) is 0 Å². The molecule has 0 amide bonds. The van der Waals surface area contributed by atoms with Crippen molar-refractivity contribution < 1.29 is 43.3 Å². The van der Waals surface area contributed by atoms with Crippen molar-refractivity contribution in [1.29, 1.82) is 0 Å². The van der Waals surface area contributed by atoms with Crippen LogP contribution < -0.4 is 0 Å². The van der Waals surface area contributed by atoms with E-state index in [2.05, 4.69) is 38.6 Å². The summed E-state index contributed by atoms with van der Waals surface area (Å²) in [6, 6.07) is 9.55. The van der Waals surface area contributed by atoms with Gasteiger partial charge in [0.05, 0.1) is 6.61 Å². The smallest absolute Gasteiger partial charge is 0.334 e. The molecule has 0 N–H and O–H groups in total. The Labute approximate surface area is 326 Å². The lowest BCUT2D eigenvalue weighted by molar-refractivity contribution is -0.757. The summed E-state index contributed by atoms with van der Waals surface area (Å²) in [4.78, 5) is 69.3. The van der Waals surface area contributed by atoms with E-state index in [0.717, 1.165) is 36.0 Å². The fourth-order valence-electron chi connectivity index (χ4n) is 11.3. The quantitative estimate of drug-likeness (QED) is 0.0323. The molecule has 9 atom stereocenters. The predicted molar refractivity (Wildman–Crippen MR) is 205 cm³/mol. The molecule has 4 aliphatic carbocycles. The summed E-state index contributed by atoms with van der Waals surface area (Å²) in [5, 5.41) is 9.56. The molecular weight excluding hydrogens is 702 g/mol. The Morgan fingerprint density at radius 3 is 2.35 bits per heavy atom. The number of carbonyl (C=O) groups excluding carboxylic acids is 4. The Bertz CT molecular complexity index is 1660. The van der Waals surface area contributed by atoms with Gasteiger partial charge in [-0.25, -0.2) is 4.79 Å². The minimum Gasteiger partial charge on any atom is -0.462 e. The molecule has 1 aromatic carbocycles. The SMILES string of the molecule is CC(=O)O[C@H]1C[C@@]2(C)C(CC(=O)C3[C@@]4(C)CC[C@@H](OC(=O)CCCCCO[N+](=O)[O-])[C@@H](C)C4CC[C@@]32C)/C1=C(\CCC=C(C)C)C(=O)OCc1ccccc1. The summed E-state index contributed by atoms with van der Waals surface area (Å²) >= 11 is 0. The van der Waals surface area contributed by atoms with Crippen LogP contribution in [0.25, 0.3) is 0 Å². The first kappa shape index (κ1) is 42.1. The topological polar surface area (TPSA) is 148 Å². The molecule has 5 rings (SSSR count). The zero-order valence-corrected chi connectivity index (χ0v) is 33.9. The number of Topliss-reactive ketones (excluding diaryl/α,β-unsaturated/α-hetero) is 1. The van der Waals surface area contributed by atoms with Gasteiger partial charge < -0.3 is 19.0 Å². The number of rotatable bonds is 15. The Kier molecular flexibility index (Phi) is 13.3. The number of carbonyl (C=O) groups is 4. The number of ether oxygens (including phenoxy) is 3. The lowest BCUT2D eigenvalue weighted by Crippen LogP contribution is -2.64. The Balaban J connectivity index is 1.40. The second kappa shape index (κ2) is 17.4. The number of hydrogen-bond acceptors (Lipinski definition) is 10. The van der Waals surface area contributed by atoms with E-state index in [1.54, 1.807) is 0 Å². The van der Waals surface area contributed by atoms with Gasteiger partial charge in [-0.1, -0.05) is 76.1 Å². The van der Waals surface area contributed by atoms with E-state index in [9.17, 15) is 29.3 Å². The predicted octanol–water partition coefficient (Wildman–Crippen LogP) is 8.85. The Morgan fingerprint density at radius 1 is 0.945 bits per heavy atom. The first-order valence-corrected chi connectivity index (χ1v) is 20.3. The first-order chi connectivity index (χ1) is 26.0. The van der Waals surface area contributed by atoms with Gasteiger partial charge in [-0.15, -0.1) is 10.1 Å².